The van der Waals surface area contributed by atoms with Gasteiger partial charge < -0.3 is 19.8 Å². The van der Waals surface area contributed by atoms with Gasteiger partial charge in [0, 0.05) is 12.7 Å². The van der Waals surface area contributed by atoms with Crippen molar-refractivity contribution in [3.8, 4) is 0 Å². The Balaban J connectivity index is 2.38. The lowest BCUT2D eigenvalue weighted by atomic mass is 10.1. The van der Waals surface area contributed by atoms with E-state index in [1.165, 1.54) is 12.0 Å². The van der Waals surface area contributed by atoms with Crippen LogP contribution in [0.3, 0.4) is 0 Å². The summed E-state index contributed by atoms with van der Waals surface area (Å²) in [6, 6.07) is 7.16. The van der Waals surface area contributed by atoms with Gasteiger partial charge in [-0.05, 0) is 6.07 Å². The fraction of sp³-hybridized carbons (Fsp3) is 0.364. The Hall–Kier alpha value is -1.43. The van der Waals surface area contributed by atoms with Crippen molar-refractivity contribution in [1.29, 1.82) is 0 Å². The van der Waals surface area contributed by atoms with E-state index < -0.39 is 12.4 Å². The first-order valence-electron chi connectivity index (χ1n) is 4.94. The van der Waals surface area contributed by atoms with Gasteiger partial charge in [-0.1, -0.05) is 18.2 Å². The number of nitrogens with zero attached hydrogens (tertiary/aromatic N) is 1. The highest BCUT2D eigenvalue weighted by Gasteiger charge is 2.37. The number of hydrogen-bond acceptors (Lipinski definition) is 4. The molecule has 0 saturated carbocycles. The number of amides is 1. The van der Waals surface area contributed by atoms with Gasteiger partial charge >= 0.3 is 0 Å². The average Bonchev–Trinajstić information content (AvgIpc) is 2.52. The second-order valence-corrected chi connectivity index (χ2v) is 3.60. The van der Waals surface area contributed by atoms with E-state index in [1.54, 1.807) is 18.2 Å². The lowest BCUT2D eigenvalue weighted by Gasteiger charge is -2.18. The molecule has 0 aliphatic carbocycles. The Morgan fingerprint density at radius 2 is 2.12 bits per heavy atom. The van der Waals surface area contributed by atoms with Crippen LogP contribution in [0.2, 0.25) is 0 Å². The Labute approximate surface area is 92.9 Å². The maximum Gasteiger partial charge on any atom is 0.260 e. The smallest absolute Gasteiger partial charge is 0.260 e. The summed E-state index contributed by atoms with van der Waals surface area (Å²) in [6.45, 7) is -0.143. The predicted octanol–water partition coefficient (Wildman–Crippen LogP) is 0.0314. The van der Waals surface area contributed by atoms with Crippen LogP contribution < -0.4 is 4.90 Å². The van der Waals surface area contributed by atoms with Gasteiger partial charge in [0.2, 0.25) is 0 Å². The molecule has 1 aliphatic heterocycles. The van der Waals surface area contributed by atoms with E-state index in [0.29, 0.717) is 5.69 Å². The molecule has 0 aromatic heterocycles. The Morgan fingerprint density at radius 3 is 2.75 bits per heavy atom. The molecule has 5 nitrogen and oxygen atoms in total. The van der Waals surface area contributed by atoms with Crippen molar-refractivity contribution in [3.05, 3.63) is 29.8 Å². The third-order valence-electron chi connectivity index (χ3n) is 2.58. The third-order valence-corrected chi connectivity index (χ3v) is 2.58. The normalized spacial score (nSPS) is 19.4. The molecule has 0 bridgehead atoms. The molecule has 1 aromatic carbocycles. The number of fused-ring (bicyclic) bond motifs is 1. The summed E-state index contributed by atoms with van der Waals surface area (Å²) >= 11 is 0. The summed E-state index contributed by atoms with van der Waals surface area (Å²) in [5, 5.41) is 17.9. The summed E-state index contributed by atoms with van der Waals surface area (Å²) < 4.78 is 5.11. The zero-order valence-electron chi connectivity index (χ0n) is 8.83. The zero-order chi connectivity index (χ0) is 11.7. The summed E-state index contributed by atoms with van der Waals surface area (Å²) in [6.07, 6.45) is -2.19. The molecule has 1 atom stereocenters. The monoisotopic (exact) mass is 223 g/mol. The number of ether oxygens (including phenoxy) is 1. The van der Waals surface area contributed by atoms with E-state index in [9.17, 15) is 4.79 Å². The Kier molecular flexibility index (Phi) is 2.91. The lowest BCUT2D eigenvalue weighted by molar-refractivity contribution is -0.128. The molecule has 0 unspecified atom stereocenters. The molecule has 5 heteroatoms. The van der Waals surface area contributed by atoms with Crippen LogP contribution in [-0.4, -0.2) is 36.1 Å². The summed E-state index contributed by atoms with van der Waals surface area (Å²) in [5.41, 5.74) is 1.43. The van der Waals surface area contributed by atoms with Crippen LogP contribution in [-0.2, 0) is 9.53 Å². The number of β-amino-alcohol motifs (C(OH)–C–C–N with tert-alkyl or cyclic N) is 2. The van der Waals surface area contributed by atoms with E-state index in [1.807, 2.05) is 6.07 Å². The number of aliphatic hydroxyl groups is 2. The maximum absolute atomic E-state index is 11.9. The minimum absolute atomic E-state index is 0.143. The van der Waals surface area contributed by atoms with Gasteiger partial charge in [0.05, 0.1) is 12.2 Å². The number of methoxy groups -OCH3 is 1. The fourth-order valence-electron chi connectivity index (χ4n) is 1.93. The van der Waals surface area contributed by atoms with Crippen LogP contribution in [0.1, 0.15) is 11.7 Å². The topological polar surface area (TPSA) is 70.0 Å². The first-order valence-corrected chi connectivity index (χ1v) is 4.94. The van der Waals surface area contributed by atoms with Crippen molar-refractivity contribution in [1.82, 2.24) is 0 Å². The van der Waals surface area contributed by atoms with E-state index in [-0.39, 0.29) is 12.5 Å². The quantitative estimate of drug-likeness (QED) is 0.709. The van der Waals surface area contributed by atoms with Gasteiger partial charge in [0.15, 0.2) is 12.4 Å². The average molecular weight is 223 g/mol. The molecule has 1 amide bonds. The van der Waals surface area contributed by atoms with E-state index in [0.717, 1.165) is 5.56 Å². The van der Waals surface area contributed by atoms with Crippen molar-refractivity contribution in [3.63, 3.8) is 0 Å². The molecule has 1 aromatic rings. The molecule has 2 rings (SSSR count). The van der Waals surface area contributed by atoms with Crippen LogP contribution >= 0.6 is 0 Å². The molecular formula is C11H13NO4. The number of aliphatic hydroxyl groups excluding tert-OH is 1. The van der Waals surface area contributed by atoms with Gasteiger partial charge in [0.1, 0.15) is 0 Å². The van der Waals surface area contributed by atoms with Gasteiger partial charge in [-0.3, -0.25) is 4.79 Å². The SMILES string of the molecule is CO[C@H]1C(=O)N(CC(O)O)c2ccccc21. The molecule has 0 spiro atoms. The van der Waals surface area contributed by atoms with Crippen molar-refractivity contribution in [2.24, 2.45) is 0 Å². The summed E-state index contributed by atoms with van der Waals surface area (Å²) in [4.78, 5) is 13.2. The molecule has 0 saturated heterocycles. The standard InChI is InChI=1S/C11H13NO4/c1-16-10-7-4-2-3-5-8(7)12(11(10)15)6-9(13)14/h2-5,9-10,13-14H,6H2,1H3/t10-/m1/s1. The third kappa shape index (κ3) is 1.69. The van der Waals surface area contributed by atoms with E-state index >= 15 is 0 Å². The number of para-hydroxylation sites is 1. The molecule has 1 heterocycles. The second kappa shape index (κ2) is 4.21. The van der Waals surface area contributed by atoms with Crippen molar-refractivity contribution in [2.45, 2.75) is 12.4 Å². The summed E-state index contributed by atoms with van der Waals surface area (Å²) in [5.74, 6) is -0.267. The first-order chi connectivity index (χ1) is 7.65. The minimum Gasteiger partial charge on any atom is -0.367 e. The minimum atomic E-state index is -1.55. The molecule has 2 N–H and O–H groups in total. The molecule has 0 radical (unpaired) electrons. The molecule has 0 fully saturated rings. The number of rotatable bonds is 3. The van der Waals surface area contributed by atoms with Crippen LogP contribution in [0.5, 0.6) is 0 Å². The highest BCUT2D eigenvalue weighted by molar-refractivity contribution is 6.04. The van der Waals surface area contributed by atoms with Crippen molar-refractivity contribution >= 4 is 11.6 Å². The number of carbonyl (C=O) groups excluding carboxylic acids is 1. The van der Waals surface area contributed by atoms with E-state index in [2.05, 4.69) is 0 Å². The van der Waals surface area contributed by atoms with Crippen LogP contribution in [0.15, 0.2) is 24.3 Å². The summed E-state index contributed by atoms with van der Waals surface area (Å²) in [7, 11) is 1.46. The molecular weight excluding hydrogens is 210 g/mol. The van der Waals surface area contributed by atoms with Gasteiger partial charge in [0.25, 0.3) is 5.91 Å². The predicted molar refractivity (Wildman–Crippen MR) is 56.8 cm³/mol. The number of hydrogen-bond donors (Lipinski definition) is 2. The zero-order valence-corrected chi connectivity index (χ0v) is 8.83. The largest absolute Gasteiger partial charge is 0.367 e. The van der Waals surface area contributed by atoms with Crippen LogP contribution in [0.4, 0.5) is 5.69 Å². The first kappa shape index (κ1) is 11.1. The number of benzene rings is 1. The fourth-order valence-corrected chi connectivity index (χ4v) is 1.93. The van der Waals surface area contributed by atoms with Crippen molar-refractivity contribution < 1.29 is 19.7 Å². The Morgan fingerprint density at radius 1 is 1.44 bits per heavy atom. The number of carbonyl (C=O) groups is 1. The van der Waals surface area contributed by atoms with E-state index in [4.69, 9.17) is 14.9 Å². The van der Waals surface area contributed by atoms with Gasteiger partial charge in [-0.25, -0.2) is 0 Å². The highest BCUT2D eigenvalue weighted by Crippen LogP contribution is 2.37. The highest BCUT2D eigenvalue weighted by atomic mass is 16.5. The van der Waals surface area contributed by atoms with Gasteiger partial charge in [-0.15, -0.1) is 0 Å². The van der Waals surface area contributed by atoms with Gasteiger partial charge in [-0.2, -0.15) is 0 Å². The van der Waals surface area contributed by atoms with Crippen molar-refractivity contribution in [2.75, 3.05) is 18.6 Å². The molecule has 1 aliphatic rings. The Bertz CT molecular complexity index is 405. The lowest BCUT2D eigenvalue weighted by Crippen LogP contribution is -2.36. The number of anilines is 1. The maximum atomic E-state index is 11.9. The van der Waals surface area contributed by atoms with Crippen LogP contribution in [0, 0.1) is 0 Å². The second-order valence-electron chi connectivity index (χ2n) is 3.60. The van der Waals surface area contributed by atoms with Crippen LogP contribution in [0.25, 0.3) is 0 Å². The molecule has 86 valence electrons. The molecule has 16 heavy (non-hydrogen) atoms.